The molecule has 0 aliphatic carbocycles. The molecule has 0 saturated heterocycles. The standard InChI is InChI=1S/C16H19Cl2NO2/c1-2-3-4-5-6-11-14(20)21-16-15(17)12-9-7-8-10-13(12)19(16)18/h7-10H,2-6,11H2,1H3. The minimum Gasteiger partial charge on any atom is -0.406 e. The third-order valence-electron chi connectivity index (χ3n) is 3.41. The highest BCUT2D eigenvalue weighted by Crippen LogP contribution is 2.37. The molecule has 0 N–H and O–H groups in total. The number of ether oxygens (including phenoxy) is 1. The number of aromatic nitrogens is 1. The third kappa shape index (κ3) is 3.92. The van der Waals surface area contributed by atoms with Gasteiger partial charge in [0.05, 0.1) is 5.52 Å². The van der Waals surface area contributed by atoms with Crippen LogP contribution in [0.1, 0.15) is 45.4 Å². The summed E-state index contributed by atoms with van der Waals surface area (Å²) in [4.78, 5) is 11.9. The first-order valence-corrected chi connectivity index (χ1v) is 8.02. The monoisotopic (exact) mass is 327 g/mol. The summed E-state index contributed by atoms with van der Waals surface area (Å²) in [5, 5.41) is 1.15. The average molecular weight is 328 g/mol. The lowest BCUT2D eigenvalue weighted by Crippen LogP contribution is -2.09. The Balaban J connectivity index is 1.98. The molecule has 2 rings (SSSR count). The minimum atomic E-state index is -0.293. The van der Waals surface area contributed by atoms with Gasteiger partial charge in [-0.15, -0.1) is 0 Å². The Morgan fingerprint density at radius 1 is 1.19 bits per heavy atom. The number of unbranched alkanes of at least 4 members (excludes halogenated alkanes) is 4. The predicted octanol–water partition coefficient (Wildman–Crippen LogP) is 5.56. The minimum absolute atomic E-state index is 0.207. The van der Waals surface area contributed by atoms with Gasteiger partial charge in [0.2, 0.25) is 5.88 Å². The highest BCUT2D eigenvalue weighted by Gasteiger charge is 2.18. The fourth-order valence-corrected chi connectivity index (χ4v) is 2.85. The molecule has 21 heavy (non-hydrogen) atoms. The van der Waals surface area contributed by atoms with Gasteiger partial charge < -0.3 is 4.74 Å². The van der Waals surface area contributed by atoms with Crippen molar-refractivity contribution in [3.05, 3.63) is 29.3 Å². The second-order valence-corrected chi connectivity index (χ2v) is 5.77. The second-order valence-electron chi connectivity index (χ2n) is 5.06. The SMILES string of the molecule is CCCCCCCC(=O)Oc1c(Cl)c2ccccc2n1Cl. The molecular formula is C16H19Cl2NO2. The lowest BCUT2D eigenvalue weighted by atomic mass is 10.1. The van der Waals surface area contributed by atoms with E-state index in [1.807, 2.05) is 24.3 Å². The Bertz CT molecular complexity index is 583. The molecule has 0 aliphatic rings. The van der Waals surface area contributed by atoms with Crippen LogP contribution in [0, 0.1) is 0 Å². The Labute approximate surface area is 134 Å². The van der Waals surface area contributed by atoms with Crippen LogP contribution in [-0.2, 0) is 4.79 Å². The van der Waals surface area contributed by atoms with Crippen molar-refractivity contribution >= 4 is 40.2 Å². The van der Waals surface area contributed by atoms with Gasteiger partial charge in [0.25, 0.3) is 0 Å². The van der Waals surface area contributed by atoms with E-state index >= 15 is 0 Å². The Hall–Kier alpha value is -1.19. The molecule has 0 radical (unpaired) electrons. The number of hydrogen-bond donors (Lipinski definition) is 0. The van der Waals surface area contributed by atoms with Gasteiger partial charge in [0.15, 0.2) is 0 Å². The Morgan fingerprint density at radius 2 is 1.90 bits per heavy atom. The van der Waals surface area contributed by atoms with Crippen molar-refractivity contribution < 1.29 is 9.53 Å². The van der Waals surface area contributed by atoms with E-state index in [1.165, 1.54) is 16.9 Å². The van der Waals surface area contributed by atoms with Crippen LogP contribution in [0.4, 0.5) is 0 Å². The molecule has 0 aliphatic heterocycles. The maximum Gasteiger partial charge on any atom is 0.312 e. The average Bonchev–Trinajstić information content (AvgIpc) is 2.73. The summed E-state index contributed by atoms with van der Waals surface area (Å²) in [5.41, 5.74) is 0.731. The highest BCUT2D eigenvalue weighted by molar-refractivity contribution is 6.39. The van der Waals surface area contributed by atoms with Crippen LogP contribution in [0.5, 0.6) is 5.88 Å². The number of nitrogens with zero attached hydrogens (tertiary/aromatic N) is 1. The van der Waals surface area contributed by atoms with E-state index in [0.717, 1.165) is 30.2 Å². The van der Waals surface area contributed by atoms with E-state index in [-0.39, 0.29) is 11.8 Å². The molecule has 0 atom stereocenters. The quantitative estimate of drug-likeness (QED) is 0.492. The maximum atomic E-state index is 11.9. The molecule has 5 heteroatoms. The largest absolute Gasteiger partial charge is 0.406 e. The van der Waals surface area contributed by atoms with Crippen LogP contribution in [0.3, 0.4) is 0 Å². The molecule has 1 aromatic heterocycles. The number of carbonyl (C=O) groups excluding carboxylic acids is 1. The fraction of sp³-hybridized carbons (Fsp3) is 0.438. The van der Waals surface area contributed by atoms with Gasteiger partial charge in [-0.05, 0) is 12.5 Å². The van der Waals surface area contributed by atoms with Crippen LogP contribution in [0.15, 0.2) is 24.3 Å². The van der Waals surface area contributed by atoms with E-state index < -0.39 is 0 Å². The van der Waals surface area contributed by atoms with E-state index in [9.17, 15) is 4.79 Å². The number of para-hydroxylation sites is 1. The normalized spacial score (nSPS) is 11.0. The molecule has 1 aromatic carbocycles. The zero-order chi connectivity index (χ0) is 15.2. The number of carbonyl (C=O) groups is 1. The van der Waals surface area contributed by atoms with Crippen LogP contribution in [0.2, 0.25) is 5.02 Å². The molecule has 0 amide bonds. The fourth-order valence-electron chi connectivity index (χ4n) is 2.26. The Morgan fingerprint density at radius 3 is 2.62 bits per heavy atom. The van der Waals surface area contributed by atoms with E-state index in [0.29, 0.717) is 11.4 Å². The van der Waals surface area contributed by atoms with Gasteiger partial charge in [0.1, 0.15) is 5.02 Å². The molecule has 114 valence electrons. The number of hydrogen-bond acceptors (Lipinski definition) is 2. The number of esters is 1. The molecule has 3 nitrogen and oxygen atoms in total. The zero-order valence-corrected chi connectivity index (χ0v) is 13.6. The van der Waals surface area contributed by atoms with Crippen LogP contribution in [-0.4, -0.2) is 10.1 Å². The van der Waals surface area contributed by atoms with E-state index in [2.05, 4.69) is 6.92 Å². The van der Waals surface area contributed by atoms with Crippen molar-refractivity contribution in [3.8, 4) is 5.88 Å². The molecule has 0 fully saturated rings. The molecule has 0 saturated carbocycles. The van der Waals surface area contributed by atoms with Crippen molar-refractivity contribution in [1.82, 2.24) is 4.09 Å². The lowest BCUT2D eigenvalue weighted by Gasteiger charge is -2.05. The molecule has 1 heterocycles. The smallest absolute Gasteiger partial charge is 0.312 e. The van der Waals surface area contributed by atoms with Gasteiger partial charge in [0, 0.05) is 23.6 Å². The first kappa shape index (κ1) is 16.2. The van der Waals surface area contributed by atoms with Crippen molar-refractivity contribution in [2.24, 2.45) is 0 Å². The van der Waals surface area contributed by atoms with E-state index in [4.69, 9.17) is 28.1 Å². The number of halogens is 2. The first-order valence-electron chi connectivity index (χ1n) is 7.31. The van der Waals surface area contributed by atoms with Crippen molar-refractivity contribution in [1.29, 1.82) is 0 Å². The molecule has 0 unspecified atom stereocenters. The highest BCUT2D eigenvalue weighted by atomic mass is 35.5. The van der Waals surface area contributed by atoms with Crippen LogP contribution in [0.25, 0.3) is 10.9 Å². The number of fused-ring (bicyclic) bond motifs is 1. The molecule has 0 spiro atoms. The number of rotatable bonds is 7. The number of benzene rings is 1. The third-order valence-corrected chi connectivity index (χ3v) is 4.11. The van der Waals surface area contributed by atoms with Gasteiger partial charge in [-0.3, -0.25) is 4.79 Å². The second kappa shape index (κ2) is 7.71. The summed E-state index contributed by atoms with van der Waals surface area (Å²) in [7, 11) is 0. The van der Waals surface area contributed by atoms with Gasteiger partial charge in [-0.2, -0.15) is 0 Å². The summed E-state index contributed by atoms with van der Waals surface area (Å²) in [6.45, 7) is 2.16. The van der Waals surface area contributed by atoms with Crippen LogP contribution >= 0.6 is 23.4 Å². The lowest BCUT2D eigenvalue weighted by molar-refractivity contribution is -0.134. The van der Waals surface area contributed by atoms with Gasteiger partial charge in [-0.1, -0.05) is 62.4 Å². The summed E-state index contributed by atoms with van der Waals surface area (Å²) >= 11 is 12.4. The van der Waals surface area contributed by atoms with Crippen molar-refractivity contribution in [2.45, 2.75) is 45.4 Å². The van der Waals surface area contributed by atoms with Crippen molar-refractivity contribution in [2.75, 3.05) is 0 Å². The van der Waals surface area contributed by atoms with Crippen molar-refractivity contribution in [3.63, 3.8) is 0 Å². The predicted molar refractivity (Wildman–Crippen MR) is 87.2 cm³/mol. The van der Waals surface area contributed by atoms with Crippen LogP contribution < -0.4 is 4.74 Å². The van der Waals surface area contributed by atoms with Gasteiger partial charge >= 0.3 is 5.97 Å². The topological polar surface area (TPSA) is 31.2 Å². The molecule has 0 bridgehead atoms. The molecular weight excluding hydrogens is 309 g/mol. The Kier molecular flexibility index (Phi) is 5.95. The summed E-state index contributed by atoms with van der Waals surface area (Å²) in [6, 6.07) is 7.40. The zero-order valence-electron chi connectivity index (χ0n) is 12.1. The molecule has 2 aromatic rings. The van der Waals surface area contributed by atoms with Gasteiger partial charge in [-0.25, -0.2) is 4.09 Å². The van der Waals surface area contributed by atoms with E-state index in [1.54, 1.807) is 0 Å². The first-order chi connectivity index (χ1) is 10.1. The summed E-state index contributed by atoms with van der Waals surface area (Å²) in [6.07, 6.45) is 5.81. The summed E-state index contributed by atoms with van der Waals surface area (Å²) < 4.78 is 6.63. The summed E-state index contributed by atoms with van der Waals surface area (Å²) in [5.74, 6) is -0.0869. The maximum absolute atomic E-state index is 11.9.